The summed E-state index contributed by atoms with van der Waals surface area (Å²) < 4.78 is 28.8. The fourth-order valence-electron chi connectivity index (χ4n) is 5.54. The SMILES string of the molecule is CC(C)NC(=O)c1ccc(N2CCN(C3CCC(c4cc5cccc(F)c5c(=O)[nH]4)C3)CC2)c(F)n1. The van der Waals surface area contributed by atoms with Crippen molar-refractivity contribution in [2.75, 3.05) is 31.1 Å². The minimum atomic E-state index is -0.627. The van der Waals surface area contributed by atoms with E-state index in [0.717, 1.165) is 38.0 Å². The normalized spacial score (nSPS) is 20.9. The minimum Gasteiger partial charge on any atom is -0.365 e. The molecule has 9 heteroatoms. The molecule has 36 heavy (non-hydrogen) atoms. The van der Waals surface area contributed by atoms with E-state index < -0.39 is 11.8 Å². The lowest BCUT2D eigenvalue weighted by molar-refractivity contribution is 0.0937. The molecule has 1 aromatic carbocycles. The largest absolute Gasteiger partial charge is 0.365 e. The minimum absolute atomic E-state index is 0.0465. The van der Waals surface area contributed by atoms with Crippen LogP contribution in [-0.2, 0) is 0 Å². The molecule has 190 valence electrons. The second-order valence-electron chi connectivity index (χ2n) is 10.1. The molecule has 2 aromatic heterocycles. The fourth-order valence-corrected chi connectivity index (χ4v) is 5.54. The van der Waals surface area contributed by atoms with Crippen LogP contribution < -0.4 is 15.8 Å². The summed E-state index contributed by atoms with van der Waals surface area (Å²) >= 11 is 0. The number of aromatic nitrogens is 2. The maximum atomic E-state index is 14.7. The van der Waals surface area contributed by atoms with Crippen molar-refractivity contribution < 1.29 is 13.6 Å². The maximum Gasteiger partial charge on any atom is 0.270 e. The van der Waals surface area contributed by atoms with Crippen LogP contribution in [-0.4, -0.2) is 59.0 Å². The van der Waals surface area contributed by atoms with Crippen molar-refractivity contribution in [3.05, 3.63) is 69.9 Å². The van der Waals surface area contributed by atoms with Crippen LogP contribution in [0.25, 0.3) is 10.8 Å². The van der Waals surface area contributed by atoms with Crippen LogP contribution in [0.2, 0.25) is 0 Å². The van der Waals surface area contributed by atoms with Crippen molar-refractivity contribution in [1.82, 2.24) is 20.2 Å². The molecule has 1 saturated heterocycles. The number of carbonyl (C=O) groups is 1. The van der Waals surface area contributed by atoms with E-state index in [0.29, 0.717) is 30.2 Å². The molecule has 1 amide bonds. The van der Waals surface area contributed by atoms with Gasteiger partial charge in [-0.2, -0.15) is 4.39 Å². The van der Waals surface area contributed by atoms with E-state index in [1.807, 2.05) is 24.8 Å². The standard InChI is InChI=1S/C27H31F2N5O2/c1-16(2)30-26(35)21-8-9-23(25(29)31-21)34-12-10-33(11-13-34)19-7-6-17(14-19)22-15-18-4-3-5-20(28)24(18)27(36)32-22/h3-5,8-9,15-17,19H,6-7,10-14H2,1-2H3,(H,30,35)(H,32,36). The van der Waals surface area contributed by atoms with Crippen LogP contribution in [0.5, 0.6) is 0 Å². The fraction of sp³-hybridized carbons (Fsp3) is 0.444. The third-order valence-corrected chi connectivity index (χ3v) is 7.34. The number of fused-ring (bicyclic) bond motifs is 1. The molecule has 1 saturated carbocycles. The predicted molar refractivity (Wildman–Crippen MR) is 135 cm³/mol. The summed E-state index contributed by atoms with van der Waals surface area (Å²) in [4.78, 5) is 35.8. The smallest absolute Gasteiger partial charge is 0.270 e. The number of pyridine rings is 2. The number of amides is 1. The van der Waals surface area contributed by atoms with Crippen molar-refractivity contribution in [1.29, 1.82) is 0 Å². The van der Waals surface area contributed by atoms with Gasteiger partial charge in [-0.1, -0.05) is 12.1 Å². The molecule has 0 spiro atoms. The quantitative estimate of drug-likeness (QED) is 0.527. The molecular weight excluding hydrogens is 464 g/mol. The van der Waals surface area contributed by atoms with E-state index in [4.69, 9.17) is 0 Å². The third kappa shape index (κ3) is 4.84. The van der Waals surface area contributed by atoms with Crippen LogP contribution in [0.4, 0.5) is 14.5 Å². The number of rotatable bonds is 5. The van der Waals surface area contributed by atoms with Gasteiger partial charge in [-0.05, 0) is 62.8 Å². The van der Waals surface area contributed by atoms with Gasteiger partial charge >= 0.3 is 0 Å². The molecule has 0 bridgehead atoms. The lowest BCUT2D eigenvalue weighted by Gasteiger charge is -2.39. The highest BCUT2D eigenvalue weighted by Crippen LogP contribution is 2.37. The number of hydrogen-bond acceptors (Lipinski definition) is 5. The second kappa shape index (κ2) is 9.97. The molecule has 3 aromatic rings. The number of nitrogens with one attached hydrogen (secondary N) is 2. The summed E-state index contributed by atoms with van der Waals surface area (Å²) in [5, 5.41) is 3.47. The Kier molecular flexibility index (Phi) is 6.75. The van der Waals surface area contributed by atoms with Gasteiger partial charge in [-0.25, -0.2) is 9.37 Å². The Morgan fingerprint density at radius 3 is 2.61 bits per heavy atom. The van der Waals surface area contributed by atoms with E-state index in [-0.39, 0.29) is 34.5 Å². The maximum absolute atomic E-state index is 14.7. The topological polar surface area (TPSA) is 81.3 Å². The van der Waals surface area contributed by atoms with Crippen LogP contribution in [0.3, 0.4) is 0 Å². The number of benzene rings is 1. The molecule has 5 rings (SSSR count). The Balaban J connectivity index is 1.21. The van der Waals surface area contributed by atoms with Crippen molar-refractivity contribution in [3.63, 3.8) is 0 Å². The Morgan fingerprint density at radius 2 is 1.89 bits per heavy atom. The number of aromatic amines is 1. The van der Waals surface area contributed by atoms with Crippen molar-refractivity contribution in [3.8, 4) is 0 Å². The third-order valence-electron chi connectivity index (χ3n) is 7.34. The zero-order chi connectivity index (χ0) is 25.4. The van der Waals surface area contributed by atoms with Crippen LogP contribution >= 0.6 is 0 Å². The van der Waals surface area contributed by atoms with Crippen LogP contribution in [0, 0.1) is 11.8 Å². The molecular formula is C27H31F2N5O2. The molecule has 3 heterocycles. The lowest BCUT2D eigenvalue weighted by Crippen LogP contribution is -2.50. The molecule has 1 aliphatic heterocycles. The summed E-state index contributed by atoms with van der Waals surface area (Å²) in [5.41, 5.74) is 0.992. The van der Waals surface area contributed by atoms with Gasteiger partial charge in [0, 0.05) is 49.9 Å². The van der Waals surface area contributed by atoms with Gasteiger partial charge in [-0.15, -0.1) is 0 Å². The van der Waals surface area contributed by atoms with Gasteiger partial charge in [0.05, 0.1) is 11.1 Å². The Morgan fingerprint density at radius 1 is 1.11 bits per heavy atom. The monoisotopic (exact) mass is 495 g/mol. The highest BCUT2D eigenvalue weighted by atomic mass is 19.1. The van der Waals surface area contributed by atoms with Gasteiger partial charge in [0.15, 0.2) is 0 Å². The summed E-state index contributed by atoms with van der Waals surface area (Å²) in [5.74, 6) is -1.28. The number of nitrogens with zero attached hydrogens (tertiary/aromatic N) is 3. The van der Waals surface area contributed by atoms with Gasteiger partial charge in [-0.3, -0.25) is 14.5 Å². The Bertz CT molecular complexity index is 1330. The highest BCUT2D eigenvalue weighted by molar-refractivity contribution is 5.92. The first kappa shape index (κ1) is 24.4. The Labute approximate surface area is 208 Å². The predicted octanol–water partition coefficient (Wildman–Crippen LogP) is 3.80. The zero-order valence-corrected chi connectivity index (χ0v) is 20.6. The van der Waals surface area contributed by atoms with E-state index in [9.17, 15) is 18.4 Å². The molecule has 2 aliphatic rings. The van der Waals surface area contributed by atoms with Crippen LogP contribution in [0.15, 0.2) is 41.2 Å². The molecule has 2 fully saturated rings. The molecule has 1 aliphatic carbocycles. The molecule has 7 nitrogen and oxygen atoms in total. The van der Waals surface area contributed by atoms with E-state index in [2.05, 4.69) is 20.2 Å². The van der Waals surface area contributed by atoms with Gasteiger partial charge < -0.3 is 15.2 Å². The highest BCUT2D eigenvalue weighted by Gasteiger charge is 2.33. The number of piperazine rings is 1. The van der Waals surface area contributed by atoms with Crippen molar-refractivity contribution in [2.45, 2.75) is 51.1 Å². The number of carbonyl (C=O) groups excluding carboxylic acids is 1. The summed E-state index contributed by atoms with van der Waals surface area (Å²) in [6.07, 6.45) is 2.90. The number of halogens is 2. The van der Waals surface area contributed by atoms with Gasteiger partial charge in [0.1, 0.15) is 11.5 Å². The summed E-state index contributed by atoms with van der Waals surface area (Å²) in [7, 11) is 0. The number of hydrogen-bond donors (Lipinski definition) is 2. The molecule has 2 N–H and O–H groups in total. The van der Waals surface area contributed by atoms with E-state index in [1.54, 1.807) is 24.3 Å². The number of anilines is 1. The van der Waals surface area contributed by atoms with E-state index >= 15 is 0 Å². The van der Waals surface area contributed by atoms with Crippen molar-refractivity contribution >= 4 is 22.4 Å². The average molecular weight is 496 g/mol. The van der Waals surface area contributed by atoms with Gasteiger partial charge in [0.2, 0.25) is 5.95 Å². The second-order valence-corrected chi connectivity index (χ2v) is 10.1. The zero-order valence-electron chi connectivity index (χ0n) is 20.6. The van der Waals surface area contributed by atoms with Crippen LogP contribution in [0.1, 0.15) is 55.2 Å². The Hall–Kier alpha value is -3.33. The molecule has 2 atom stereocenters. The first-order chi connectivity index (χ1) is 17.3. The molecule has 0 radical (unpaired) electrons. The van der Waals surface area contributed by atoms with Gasteiger partial charge in [0.25, 0.3) is 11.5 Å². The lowest BCUT2D eigenvalue weighted by atomic mass is 10.00. The van der Waals surface area contributed by atoms with E-state index in [1.165, 1.54) is 6.07 Å². The first-order valence-corrected chi connectivity index (χ1v) is 12.6. The summed E-state index contributed by atoms with van der Waals surface area (Å²) in [6.45, 7) is 6.62. The van der Waals surface area contributed by atoms with Crippen molar-refractivity contribution in [2.24, 2.45) is 0 Å². The number of H-pyrrole nitrogens is 1. The molecule has 2 unspecified atom stereocenters. The average Bonchev–Trinajstić information content (AvgIpc) is 3.34. The first-order valence-electron chi connectivity index (χ1n) is 12.6. The summed E-state index contributed by atoms with van der Waals surface area (Å²) in [6, 6.07) is 10.2.